The highest BCUT2D eigenvalue weighted by molar-refractivity contribution is 7.99. The van der Waals surface area contributed by atoms with E-state index in [1.807, 2.05) is 31.2 Å². The zero-order chi connectivity index (χ0) is 19.1. The fourth-order valence-corrected chi connectivity index (χ4v) is 2.74. The second kappa shape index (κ2) is 9.49. The minimum Gasteiger partial charge on any atom is -0.343 e. The number of amides is 1. The predicted molar refractivity (Wildman–Crippen MR) is 107 cm³/mol. The van der Waals surface area contributed by atoms with Crippen LogP contribution in [0.1, 0.15) is 5.56 Å². The third kappa shape index (κ3) is 6.61. The van der Waals surface area contributed by atoms with E-state index in [4.69, 9.17) is 12.2 Å². The van der Waals surface area contributed by atoms with Crippen molar-refractivity contribution in [3.63, 3.8) is 0 Å². The maximum Gasteiger partial charge on any atom is 0.288 e. The second-order valence-corrected chi connectivity index (χ2v) is 7.05. The smallest absolute Gasteiger partial charge is 0.288 e. The summed E-state index contributed by atoms with van der Waals surface area (Å²) in [7, 11) is 1.70. The van der Waals surface area contributed by atoms with Gasteiger partial charge in [-0.05, 0) is 55.5 Å². The number of thiocarbonyl (C=S) groups is 1. The molecule has 0 saturated carbocycles. The van der Waals surface area contributed by atoms with Gasteiger partial charge in [-0.25, -0.2) is 0 Å². The lowest BCUT2D eigenvalue weighted by atomic mass is 10.2. The maximum atomic E-state index is 12.3. The van der Waals surface area contributed by atoms with Gasteiger partial charge in [-0.1, -0.05) is 29.5 Å². The lowest BCUT2D eigenvalue weighted by Gasteiger charge is -2.20. The molecule has 0 bridgehead atoms. The number of anilines is 2. The quantitative estimate of drug-likeness (QED) is 0.554. The fourth-order valence-electron chi connectivity index (χ4n) is 2.06. The van der Waals surface area contributed by atoms with Crippen LogP contribution in [0.4, 0.5) is 20.2 Å². The number of carbonyl (C=O) groups excluding carboxylic acids is 1. The van der Waals surface area contributed by atoms with Crippen LogP contribution in [0.2, 0.25) is 0 Å². The Morgan fingerprint density at radius 2 is 1.62 bits per heavy atom. The molecule has 2 rings (SSSR count). The number of rotatable bonds is 6. The molecule has 0 aromatic heterocycles. The summed E-state index contributed by atoms with van der Waals surface area (Å²) in [5.74, 6) is -2.64. The predicted octanol–water partition coefficient (Wildman–Crippen LogP) is 4.58. The lowest BCUT2D eigenvalue weighted by molar-refractivity contribution is -0.116. The largest absolute Gasteiger partial charge is 0.343 e. The SMILES string of the molecule is Cc1ccc(NC(=O)CN(C)C(=S)Nc2ccc(SC(F)F)cc2)cc1. The normalized spacial score (nSPS) is 10.5. The summed E-state index contributed by atoms with van der Waals surface area (Å²) in [6.07, 6.45) is 0. The van der Waals surface area contributed by atoms with E-state index in [1.54, 1.807) is 36.2 Å². The van der Waals surface area contributed by atoms with Gasteiger partial charge >= 0.3 is 0 Å². The summed E-state index contributed by atoms with van der Waals surface area (Å²) in [6, 6.07) is 14.0. The number of benzene rings is 2. The second-order valence-electron chi connectivity index (χ2n) is 5.60. The first-order chi connectivity index (χ1) is 12.3. The van der Waals surface area contributed by atoms with Crippen LogP contribution in [-0.4, -0.2) is 35.3 Å². The number of likely N-dealkylation sites (N-methyl/N-ethyl adjacent to an activating group) is 1. The maximum absolute atomic E-state index is 12.3. The molecule has 26 heavy (non-hydrogen) atoms. The van der Waals surface area contributed by atoms with Crippen molar-refractivity contribution in [3.05, 3.63) is 54.1 Å². The van der Waals surface area contributed by atoms with E-state index in [9.17, 15) is 13.6 Å². The zero-order valence-corrected chi connectivity index (χ0v) is 16.0. The molecule has 8 heteroatoms. The number of halogens is 2. The standard InChI is InChI=1S/C18H19F2N3OS2/c1-12-3-5-13(6-4-12)21-16(24)11-23(2)18(25)22-14-7-9-15(10-8-14)26-17(19)20/h3-10,17H,11H2,1-2H3,(H,21,24)(H,22,25). The monoisotopic (exact) mass is 395 g/mol. The van der Waals surface area contributed by atoms with Crippen molar-refractivity contribution in [2.24, 2.45) is 0 Å². The number of hydrogen-bond acceptors (Lipinski definition) is 3. The first-order valence-corrected chi connectivity index (χ1v) is 9.06. The molecule has 2 aromatic rings. The molecule has 0 aliphatic heterocycles. The van der Waals surface area contributed by atoms with Crippen LogP contribution in [0.15, 0.2) is 53.4 Å². The van der Waals surface area contributed by atoms with Gasteiger partial charge < -0.3 is 15.5 Å². The van der Waals surface area contributed by atoms with Gasteiger partial charge in [0.05, 0.1) is 6.54 Å². The Balaban J connectivity index is 1.84. The van der Waals surface area contributed by atoms with Crippen LogP contribution < -0.4 is 10.6 Å². The summed E-state index contributed by atoms with van der Waals surface area (Å²) in [6.45, 7) is 2.06. The van der Waals surface area contributed by atoms with Gasteiger partial charge in [-0.15, -0.1) is 0 Å². The van der Waals surface area contributed by atoms with Gasteiger partial charge in [-0.3, -0.25) is 4.79 Å². The van der Waals surface area contributed by atoms with Gasteiger partial charge in [0.2, 0.25) is 5.91 Å². The molecule has 0 unspecified atom stereocenters. The van der Waals surface area contributed by atoms with Crippen molar-refractivity contribution in [3.8, 4) is 0 Å². The lowest BCUT2D eigenvalue weighted by Crippen LogP contribution is -2.37. The van der Waals surface area contributed by atoms with Gasteiger partial charge in [-0.2, -0.15) is 8.78 Å². The molecule has 0 fully saturated rings. The average molecular weight is 396 g/mol. The minimum atomic E-state index is -2.45. The van der Waals surface area contributed by atoms with Gasteiger partial charge in [0.1, 0.15) is 0 Å². The van der Waals surface area contributed by atoms with Crippen molar-refractivity contribution in [1.82, 2.24) is 4.90 Å². The van der Waals surface area contributed by atoms with Crippen molar-refractivity contribution in [2.75, 3.05) is 24.2 Å². The zero-order valence-electron chi connectivity index (χ0n) is 14.3. The molecule has 0 radical (unpaired) electrons. The van der Waals surface area contributed by atoms with Crippen LogP contribution >= 0.6 is 24.0 Å². The van der Waals surface area contributed by atoms with E-state index in [0.717, 1.165) is 11.3 Å². The van der Waals surface area contributed by atoms with E-state index >= 15 is 0 Å². The molecule has 4 nitrogen and oxygen atoms in total. The van der Waals surface area contributed by atoms with Gasteiger partial charge in [0.15, 0.2) is 5.11 Å². The van der Waals surface area contributed by atoms with E-state index in [2.05, 4.69) is 10.6 Å². The number of hydrogen-bond donors (Lipinski definition) is 2. The molecule has 0 heterocycles. The van der Waals surface area contributed by atoms with E-state index < -0.39 is 5.76 Å². The molecular formula is C18H19F2N3OS2. The Bertz CT molecular complexity index is 752. The molecule has 0 aliphatic carbocycles. The molecule has 2 aromatic carbocycles. The van der Waals surface area contributed by atoms with E-state index in [-0.39, 0.29) is 12.5 Å². The van der Waals surface area contributed by atoms with Crippen LogP contribution in [0, 0.1) is 6.92 Å². The van der Waals surface area contributed by atoms with Crippen molar-refractivity contribution < 1.29 is 13.6 Å². The Morgan fingerprint density at radius 1 is 1.08 bits per heavy atom. The number of nitrogens with zero attached hydrogens (tertiary/aromatic N) is 1. The summed E-state index contributed by atoms with van der Waals surface area (Å²) in [5, 5.41) is 6.14. The summed E-state index contributed by atoms with van der Waals surface area (Å²) in [5.41, 5.74) is 2.50. The Hall–Kier alpha value is -2.19. The number of alkyl halides is 2. The van der Waals surface area contributed by atoms with Crippen molar-refractivity contribution in [2.45, 2.75) is 17.6 Å². The number of aryl methyl sites for hydroxylation is 1. The van der Waals surface area contributed by atoms with Crippen LogP contribution in [0.5, 0.6) is 0 Å². The first-order valence-electron chi connectivity index (χ1n) is 7.77. The van der Waals surface area contributed by atoms with Crippen LogP contribution in [0.3, 0.4) is 0 Å². The number of carbonyl (C=O) groups is 1. The molecule has 1 amide bonds. The Labute approximate surface area is 161 Å². The summed E-state index contributed by atoms with van der Waals surface area (Å²) < 4.78 is 24.6. The van der Waals surface area contributed by atoms with E-state index in [1.165, 1.54) is 0 Å². The highest BCUT2D eigenvalue weighted by Crippen LogP contribution is 2.26. The Morgan fingerprint density at radius 3 is 2.19 bits per heavy atom. The van der Waals surface area contributed by atoms with E-state index in [0.29, 0.717) is 27.5 Å². The van der Waals surface area contributed by atoms with Gasteiger partial charge in [0.25, 0.3) is 5.76 Å². The highest BCUT2D eigenvalue weighted by Gasteiger charge is 2.11. The molecule has 0 atom stereocenters. The van der Waals surface area contributed by atoms with Crippen molar-refractivity contribution >= 4 is 46.4 Å². The molecule has 2 N–H and O–H groups in total. The van der Waals surface area contributed by atoms with Gasteiger partial charge in [0, 0.05) is 23.3 Å². The molecule has 0 aliphatic rings. The highest BCUT2D eigenvalue weighted by atomic mass is 32.2. The third-order valence-corrected chi connectivity index (χ3v) is 4.53. The number of nitrogens with one attached hydrogen (secondary N) is 2. The summed E-state index contributed by atoms with van der Waals surface area (Å²) in [4.78, 5) is 14.2. The van der Waals surface area contributed by atoms with Crippen LogP contribution in [0.25, 0.3) is 0 Å². The fraction of sp³-hybridized carbons (Fsp3) is 0.222. The third-order valence-electron chi connectivity index (χ3n) is 3.39. The topological polar surface area (TPSA) is 44.4 Å². The van der Waals surface area contributed by atoms with Crippen LogP contribution in [-0.2, 0) is 4.79 Å². The molecule has 0 saturated heterocycles. The Kier molecular flexibility index (Phi) is 7.35. The average Bonchev–Trinajstić information content (AvgIpc) is 2.58. The first kappa shape index (κ1) is 20.1. The number of thioether (sulfide) groups is 1. The molecule has 138 valence electrons. The summed E-state index contributed by atoms with van der Waals surface area (Å²) >= 11 is 5.76. The van der Waals surface area contributed by atoms with Crippen molar-refractivity contribution in [1.29, 1.82) is 0 Å². The molecule has 0 spiro atoms. The molecular weight excluding hydrogens is 376 g/mol. The minimum absolute atomic E-state index is 0.0824.